The minimum atomic E-state index is 0.605. The molecule has 5 heteroatoms. The molecule has 2 heterocycles. The number of imidazole rings is 1. The van der Waals surface area contributed by atoms with Gasteiger partial charge in [-0.1, -0.05) is 19.3 Å². The Kier molecular flexibility index (Phi) is 3.76. The van der Waals surface area contributed by atoms with Crippen LogP contribution in [-0.4, -0.2) is 34.0 Å². The minimum Gasteiger partial charge on any atom is -0.372 e. The molecule has 0 atom stereocenters. The Morgan fingerprint density at radius 1 is 1.35 bits per heavy atom. The Balaban J connectivity index is 2.03. The highest BCUT2D eigenvalue weighted by molar-refractivity contribution is 5.67. The van der Waals surface area contributed by atoms with Gasteiger partial charge in [0.05, 0.1) is 6.20 Å². The Bertz CT molecular complexity index is 571. The molecule has 5 nitrogen and oxygen atoms in total. The Hall–Kier alpha value is -1.78. The summed E-state index contributed by atoms with van der Waals surface area (Å²) in [6.45, 7) is 3.19. The van der Waals surface area contributed by atoms with E-state index in [-0.39, 0.29) is 0 Å². The summed E-state index contributed by atoms with van der Waals surface area (Å²) in [5.74, 6) is 1.90. The smallest absolute Gasteiger partial charge is 0.180 e. The van der Waals surface area contributed by atoms with Crippen molar-refractivity contribution < 1.29 is 0 Å². The van der Waals surface area contributed by atoms with Crippen molar-refractivity contribution in [2.45, 2.75) is 45.1 Å². The summed E-state index contributed by atoms with van der Waals surface area (Å²) in [4.78, 5) is 11.7. The first kappa shape index (κ1) is 13.2. The Morgan fingerprint density at radius 2 is 2.15 bits per heavy atom. The van der Waals surface area contributed by atoms with Crippen LogP contribution in [0.15, 0.2) is 18.6 Å². The van der Waals surface area contributed by atoms with Gasteiger partial charge < -0.3 is 14.6 Å². The van der Waals surface area contributed by atoms with E-state index in [9.17, 15) is 0 Å². The number of nitrogens with one attached hydrogen (secondary N) is 1. The molecule has 0 aromatic carbocycles. The lowest BCUT2D eigenvalue weighted by Crippen LogP contribution is -2.37. The molecule has 1 aliphatic carbocycles. The highest BCUT2D eigenvalue weighted by Crippen LogP contribution is 2.29. The molecule has 0 unspecified atom stereocenters. The van der Waals surface area contributed by atoms with Crippen LogP contribution in [0.4, 0.5) is 11.6 Å². The normalized spacial score (nSPS) is 16.5. The lowest BCUT2D eigenvalue weighted by Gasteiger charge is -2.34. The first-order valence-electron chi connectivity index (χ1n) is 7.61. The third kappa shape index (κ3) is 2.32. The van der Waals surface area contributed by atoms with Gasteiger partial charge in [-0.05, 0) is 19.8 Å². The fourth-order valence-corrected chi connectivity index (χ4v) is 3.20. The summed E-state index contributed by atoms with van der Waals surface area (Å²) in [5, 5.41) is 3.14. The maximum atomic E-state index is 4.77. The van der Waals surface area contributed by atoms with Gasteiger partial charge in [0.15, 0.2) is 11.5 Å². The van der Waals surface area contributed by atoms with E-state index < -0.39 is 0 Å². The van der Waals surface area contributed by atoms with Crippen LogP contribution in [-0.2, 0) is 0 Å². The van der Waals surface area contributed by atoms with Gasteiger partial charge in [0.1, 0.15) is 5.82 Å². The van der Waals surface area contributed by atoms with Crippen LogP contribution >= 0.6 is 0 Å². The van der Waals surface area contributed by atoms with E-state index in [1.54, 1.807) is 0 Å². The van der Waals surface area contributed by atoms with Crippen molar-refractivity contribution in [1.29, 1.82) is 0 Å². The van der Waals surface area contributed by atoms with E-state index in [0.29, 0.717) is 6.04 Å². The van der Waals surface area contributed by atoms with Crippen LogP contribution in [0, 0.1) is 0 Å². The predicted octanol–water partition coefficient (Wildman–Crippen LogP) is 2.93. The van der Waals surface area contributed by atoms with Gasteiger partial charge in [0, 0.05) is 32.0 Å². The van der Waals surface area contributed by atoms with Gasteiger partial charge in [-0.2, -0.15) is 0 Å². The van der Waals surface area contributed by atoms with E-state index in [1.165, 1.54) is 32.1 Å². The van der Waals surface area contributed by atoms with Crippen LogP contribution in [0.1, 0.15) is 39.0 Å². The maximum absolute atomic E-state index is 4.77. The van der Waals surface area contributed by atoms with Crippen molar-refractivity contribution in [3.63, 3.8) is 0 Å². The molecule has 2 aromatic rings. The van der Waals surface area contributed by atoms with Gasteiger partial charge in [-0.15, -0.1) is 0 Å². The number of hydrogen-bond donors (Lipinski definition) is 1. The van der Waals surface area contributed by atoms with E-state index in [0.717, 1.165) is 23.8 Å². The fraction of sp³-hybridized carbons (Fsp3) is 0.600. The molecule has 2 aromatic heterocycles. The minimum absolute atomic E-state index is 0.605. The van der Waals surface area contributed by atoms with Gasteiger partial charge in [-0.3, -0.25) is 0 Å². The molecule has 0 amide bonds. The van der Waals surface area contributed by atoms with Crippen molar-refractivity contribution in [2.75, 3.05) is 23.8 Å². The lowest BCUT2D eigenvalue weighted by molar-refractivity contribution is 0.416. The third-order valence-electron chi connectivity index (χ3n) is 4.24. The zero-order valence-corrected chi connectivity index (χ0v) is 12.3. The molecule has 0 aliphatic heterocycles. The quantitative estimate of drug-likeness (QED) is 0.930. The van der Waals surface area contributed by atoms with E-state index >= 15 is 0 Å². The van der Waals surface area contributed by atoms with Crippen molar-refractivity contribution >= 4 is 17.3 Å². The second-order valence-corrected chi connectivity index (χ2v) is 5.44. The van der Waals surface area contributed by atoms with E-state index in [1.807, 2.05) is 25.6 Å². The number of nitrogens with zero attached hydrogens (tertiary/aromatic N) is 4. The molecule has 1 N–H and O–H groups in total. The van der Waals surface area contributed by atoms with Crippen molar-refractivity contribution in [1.82, 2.24) is 14.4 Å². The Labute approximate surface area is 120 Å². The van der Waals surface area contributed by atoms with Gasteiger partial charge in [0.25, 0.3) is 0 Å². The molecule has 1 aliphatic rings. The summed E-state index contributed by atoms with van der Waals surface area (Å²) in [5.41, 5.74) is 0.955. The summed E-state index contributed by atoms with van der Waals surface area (Å²) >= 11 is 0. The average molecular weight is 273 g/mol. The number of fused-ring (bicyclic) bond motifs is 1. The topological polar surface area (TPSA) is 45.5 Å². The summed E-state index contributed by atoms with van der Waals surface area (Å²) < 4.78 is 2.06. The average Bonchev–Trinajstić information content (AvgIpc) is 2.97. The van der Waals surface area contributed by atoms with Crippen LogP contribution < -0.4 is 10.2 Å². The van der Waals surface area contributed by atoms with Gasteiger partial charge >= 0.3 is 0 Å². The van der Waals surface area contributed by atoms with E-state index in [2.05, 4.69) is 26.5 Å². The highest BCUT2D eigenvalue weighted by Gasteiger charge is 2.23. The van der Waals surface area contributed by atoms with Crippen LogP contribution in [0.5, 0.6) is 0 Å². The first-order chi connectivity index (χ1) is 9.83. The molecule has 0 radical (unpaired) electrons. The molecule has 108 valence electrons. The monoisotopic (exact) mass is 273 g/mol. The van der Waals surface area contributed by atoms with Gasteiger partial charge in [0.2, 0.25) is 0 Å². The molecule has 1 saturated carbocycles. The second kappa shape index (κ2) is 5.69. The van der Waals surface area contributed by atoms with Crippen molar-refractivity contribution in [2.24, 2.45) is 0 Å². The van der Waals surface area contributed by atoms with Crippen LogP contribution in [0.2, 0.25) is 0 Å². The fourth-order valence-electron chi connectivity index (χ4n) is 3.20. The second-order valence-electron chi connectivity index (χ2n) is 5.44. The molecule has 3 rings (SSSR count). The number of aromatic nitrogens is 3. The summed E-state index contributed by atoms with van der Waals surface area (Å²) in [7, 11) is 1.91. The number of rotatable bonds is 4. The largest absolute Gasteiger partial charge is 0.372 e. The molecule has 0 bridgehead atoms. The number of anilines is 2. The molecule has 20 heavy (non-hydrogen) atoms. The van der Waals surface area contributed by atoms with Crippen molar-refractivity contribution in [3.8, 4) is 0 Å². The molecule has 0 spiro atoms. The van der Waals surface area contributed by atoms with Crippen LogP contribution in [0.3, 0.4) is 0 Å². The maximum Gasteiger partial charge on any atom is 0.180 e. The summed E-state index contributed by atoms with van der Waals surface area (Å²) in [6.07, 6.45) is 12.4. The van der Waals surface area contributed by atoms with Gasteiger partial charge in [-0.25, -0.2) is 9.97 Å². The zero-order chi connectivity index (χ0) is 13.9. The summed E-state index contributed by atoms with van der Waals surface area (Å²) in [6, 6.07) is 0.605. The highest BCUT2D eigenvalue weighted by atomic mass is 15.3. The first-order valence-corrected chi connectivity index (χ1v) is 7.61. The SMILES string of the molecule is CCN(c1nc(NC)cn2ccnc12)C1CCCCC1. The predicted molar refractivity (Wildman–Crippen MR) is 82.4 cm³/mol. The van der Waals surface area contributed by atoms with Crippen LogP contribution in [0.25, 0.3) is 5.65 Å². The molecular weight excluding hydrogens is 250 g/mol. The molecule has 1 fully saturated rings. The zero-order valence-electron chi connectivity index (χ0n) is 12.3. The van der Waals surface area contributed by atoms with E-state index in [4.69, 9.17) is 4.98 Å². The molecule has 0 saturated heterocycles. The number of hydrogen-bond acceptors (Lipinski definition) is 4. The third-order valence-corrected chi connectivity index (χ3v) is 4.24. The van der Waals surface area contributed by atoms with Crippen molar-refractivity contribution in [3.05, 3.63) is 18.6 Å². The molecular formula is C15H23N5. The lowest BCUT2D eigenvalue weighted by atomic mass is 9.94. The Morgan fingerprint density at radius 3 is 2.85 bits per heavy atom. The standard InChI is InChI=1S/C15H23N5/c1-3-20(12-7-5-4-6-8-12)15-14-17-9-10-19(14)11-13(16-2)18-15/h9-12,16H,3-8H2,1-2H3.